The van der Waals surface area contributed by atoms with Gasteiger partial charge in [-0.15, -0.1) is 0 Å². The Hall–Kier alpha value is -1.59. The summed E-state index contributed by atoms with van der Waals surface area (Å²) >= 11 is 0. The van der Waals surface area contributed by atoms with Gasteiger partial charge < -0.3 is 4.74 Å². The van der Waals surface area contributed by atoms with Crippen LogP contribution in [0.1, 0.15) is 46.0 Å². The number of fused-ring (bicyclic) bond motifs is 1. The van der Waals surface area contributed by atoms with E-state index in [1.165, 1.54) is 0 Å². The molecule has 26 heavy (non-hydrogen) atoms. The molecule has 1 aliphatic heterocycles. The quantitative estimate of drug-likeness (QED) is 0.651. The van der Waals surface area contributed by atoms with Crippen molar-refractivity contribution in [1.29, 1.82) is 0 Å². The second kappa shape index (κ2) is 8.40. The highest BCUT2D eigenvalue weighted by molar-refractivity contribution is 7.89. The fourth-order valence-electron chi connectivity index (χ4n) is 3.63. The highest BCUT2D eigenvalue weighted by Crippen LogP contribution is 2.34. The largest absolute Gasteiger partial charge is 0.493 e. The Morgan fingerprint density at radius 3 is 2.62 bits per heavy atom. The summed E-state index contributed by atoms with van der Waals surface area (Å²) < 4.78 is 34.1. The molecule has 0 bridgehead atoms. The molecule has 0 spiro atoms. The van der Waals surface area contributed by atoms with Gasteiger partial charge in [0.05, 0.1) is 11.5 Å². The topological polar surface area (TPSA) is 46.6 Å². The summed E-state index contributed by atoms with van der Waals surface area (Å²) in [6, 6.07) is 11.2. The number of nitrogens with zero attached hydrogens (tertiary/aromatic N) is 1. The highest BCUT2D eigenvalue weighted by atomic mass is 32.2. The smallest absolute Gasteiger partial charge is 0.243 e. The molecule has 0 saturated carbocycles. The van der Waals surface area contributed by atoms with E-state index in [1.807, 2.05) is 30.3 Å². The first-order chi connectivity index (χ1) is 12.5. The Kier molecular flexibility index (Phi) is 6.20. The third-order valence-corrected chi connectivity index (χ3v) is 7.01. The molecule has 0 radical (unpaired) electrons. The van der Waals surface area contributed by atoms with Crippen molar-refractivity contribution in [3.8, 4) is 5.75 Å². The molecule has 1 unspecified atom stereocenters. The Morgan fingerprint density at radius 2 is 1.88 bits per heavy atom. The minimum atomic E-state index is -3.49. The number of hydrogen-bond donors (Lipinski definition) is 0. The van der Waals surface area contributed by atoms with Crippen molar-refractivity contribution in [2.24, 2.45) is 5.92 Å². The second-order valence-electron chi connectivity index (χ2n) is 7.27. The monoisotopic (exact) mass is 375 g/mol. The first-order valence-corrected chi connectivity index (χ1v) is 11.1. The lowest BCUT2D eigenvalue weighted by molar-refractivity contribution is 0.281. The normalized spacial score (nSPS) is 18.9. The first-order valence-electron chi connectivity index (χ1n) is 9.68. The molecule has 4 nitrogen and oxygen atoms in total. The van der Waals surface area contributed by atoms with Crippen LogP contribution >= 0.6 is 0 Å². The maximum absolute atomic E-state index is 13.2. The summed E-state index contributed by atoms with van der Waals surface area (Å²) in [6.07, 6.45) is 5.32. The highest BCUT2D eigenvalue weighted by Gasteiger charge is 2.30. The molecule has 3 rings (SSSR count). The number of rotatable bonds is 7. The van der Waals surface area contributed by atoms with Gasteiger partial charge in [0.15, 0.2) is 0 Å². The van der Waals surface area contributed by atoms with E-state index in [9.17, 15) is 8.42 Å². The Labute approximate surface area is 157 Å². The minimum absolute atomic E-state index is 0.392. The van der Waals surface area contributed by atoms with Crippen molar-refractivity contribution in [3.05, 3.63) is 36.4 Å². The van der Waals surface area contributed by atoms with Crippen LogP contribution in [0.5, 0.6) is 5.75 Å². The summed E-state index contributed by atoms with van der Waals surface area (Å²) in [5.74, 6) is 1.17. The third kappa shape index (κ3) is 4.04. The van der Waals surface area contributed by atoms with Crippen molar-refractivity contribution < 1.29 is 13.2 Å². The average molecular weight is 376 g/mol. The zero-order valence-corrected chi connectivity index (χ0v) is 16.6. The van der Waals surface area contributed by atoms with Crippen molar-refractivity contribution >= 4 is 20.8 Å². The molecule has 1 fully saturated rings. The molecule has 0 aromatic heterocycles. The molecule has 0 N–H and O–H groups in total. The zero-order chi connectivity index (χ0) is 18.6. The van der Waals surface area contributed by atoms with E-state index in [0.29, 0.717) is 30.5 Å². The molecule has 5 heteroatoms. The van der Waals surface area contributed by atoms with Crippen LogP contribution in [0.15, 0.2) is 41.3 Å². The molecule has 1 atom stereocenters. The van der Waals surface area contributed by atoms with Crippen LogP contribution in [-0.2, 0) is 10.0 Å². The van der Waals surface area contributed by atoms with Crippen LogP contribution in [0, 0.1) is 5.92 Å². The van der Waals surface area contributed by atoms with Gasteiger partial charge in [-0.2, -0.15) is 4.31 Å². The number of benzene rings is 2. The van der Waals surface area contributed by atoms with Crippen LogP contribution in [0.2, 0.25) is 0 Å². The minimum Gasteiger partial charge on any atom is -0.493 e. The number of unbranched alkanes of at least 4 members (excludes halogenated alkanes) is 2. The molecule has 142 valence electrons. The molecule has 2 aromatic rings. The second-order valence-corrected chi connectivity index (χ2v) is 9.18. The van der Waals surface area contributed by atoms with Crippen molar-refractivity contribution in [2.75, 3.05) is 19.7 Å². The van der Waals surface area contributed by atoms with Gasteiger partial charge in [0.1, 0.15) is 5.75 Å². The summed E-state index contributed by atoms with van der Waals surface area (Å²) in [7, 11) is -3.49. The lowest BCUT2D eigenvalue weighted by atomic mass is 10.0. The van der Waals surface area contributed by atoms with Crippen molar-refractivity contribution in [3.63, 3.8) is 0 Å². The molecular formula is C21H29NO3S. The van der Waals surface area contributed by atoms with Crippen LogP contribution in [0.4, 0.5) is 0 Å². The van der Waals surface area contributed by atoms with Gasteiger partial charge in [0.25, 0.3) is 0 Å². The lowest BCUT2D eigenvalue weighted by Gasteiger charge is -2.30. The molecule has 1 heterocycles. The Morgan fingerprint density at radius 1 is 1.12 bits per heavy atom. The number of piperidine rings is 1. The zero-order valence-electron chi connectivity index (χ0n) is 15.8. The van der Waals surface area contributed by atoms with E-state index in [0.717, 1.165) is 48.6 Å². The predicted molar refractivity (Wildman–Crippen MR) is 106 cm³/mol. The van der Waals surface area contributed by atoms with Gasteiger partial charge in [0.2, 0.25) is 10.0 Å². The number of ether oxygens (including phenoxy) is 1. The van der Waals surface area contributed by atoms with Gasteiger partial charge >= 0.3 is 0 Å². The van der Waals surface area contributed by atoms with Crippen LogP contribution in [0.25, 0.3) is 10.8 Å². The van der Waals surface area contributed by atoms with E-state index < -0.39 is 10.0 Å². The van der Waals surface area contributed by atoms with E-state index >= 15 is 0 Å². The van der Waals surface area contributed by atoms with E-state index in [4.69, 9.17) is 4.74 Å². The average Bonchev–Trinajstić information content (AvgIpc) is 2.65. The standard InChI is InChI=1S/C21H29NO3S/c1-3-4-7-15-25-20-12-13-21(19-11-6-5-10-18(19)20)26(23,24)22-14-8-9-17(2)16-22/h5-6,10-13,17H,3-4,7-9,14-16H2,1-2H3. The molecule has 1 saturated heterocycles. The summed E-state index contributed by atoms with van der Waals surface area (Å²) in [5.41, 5.74) is 0. The van der Waals surface area contributed by atoms with Crippen LogP contribution in [-0.4, -0.2) is 32.4 Å². The fourth-order valence-corrected chi connectivity index (χ4v) is 5.43. The van der Waals surface area contributed by atoms with Crippen LogP contribution < -0.4 is 4.74 Å². The van der Waals surface area contributed by atoms with E-state index in [-0.39, 0.29) is 0 Å². The summed E-state index contributed by atoms with van der Waals surface area (Å²) in [4.78, 5) is 0.392. The molecule has 0 amide bonds. The lowest BCUT2D eigenvalue weighted by Crippen LogP contribution is -2.39. The van der Waals surface area contributed by atoms with E-state index in [2.05, 4.69) is 13.8 Å². The van der Waals surface area contributed by atoms with Gasteiger partial charge in [-0.05, 0) is 37.3 Å². The Bertz CT molecular complexity index is 847. The first kappa shape index (κ1) is 19.2. The number of hydrogen-bond acceptors (Lipinski definition) is 3. The van der Waals surface area contributed by atoms with Crippen LogP contribution in [0.3, 0.4) is 0 Å². The fraction of sp³-hybridized carbons (Fsp3) is 0.524. The predicted octanol–water partition coefficient (Wildman–Crippen LogP) is 4.83. The maximum atomic E-state index is 13.2. The van der Waals surface area contributed by atoms with Crippen molar-refractivity contribution in [1.82, 2.24) is 4.31 Å². The summed E-state index contributed by atoms with van der Waals surface area (Å²) in [6.45, 7) is 6.15. The van der Waals surface area contributed by atoms with Gasteiger partial charge in [0, 0.05) is 23.9 Å². The third-order valence-electron chi connectivity index (χ3n) is 5.09. The molecule has 1 aliphatic rings. The molecule has 0 aliphatic carbocycles. The SMILES string of the molecule is CCCCCOc1ccc(S(=O)(=O)N2CCCC(C)C2)c2ccccc12. The van der Waals surface area contributed by atoms with E-state index in [1.54, 1.807) is 10.4 Å². The van der Waals surface area contributed by atoms with Gasteiger partial charge in [-0.1, -0.05) is 51.0 Å². The van der Waals surface area contributed by atoms with Gasteiger partial charge in [-0.3, -0.25) is 0 Å². The molecular weight excluding hydrogens is 346 g/mol. The van der Waals surface area contributed by atoms with Crippen molar-refractivity contribution in [2.45, 2.75) is 50.8 Å². The molecule has 2 aromatic carbocycles. The number of sulfonamides is 1. The summed E-state index contributed by atoms with van der Waals surface area (Å²) in [5, 5.41) is 1.62. The maximum Gasteiger partial charge on any atom is 0.243 e. The Balaban J connectivity index is 1.94. The van der Waals surface area contributed by atoms with Gasteiger partial charge in [-0.25, -0.2) is 8.42 Å².